The van der Waals surface area contributed by atoms with Gasteiger partial charge in [0.05, 0.1) is 7.11 Å². The normalized spacial score (nSPS) is 13.0. The Labute approximate surface area is 152 Å². The Bertz CT molecular complexity index is 1010. The van der Waals surface area contributed by atoms with Crippen LogP contribution in [0, 0.1) is 6.92 Å². The third-order valence-electron chi connectivity index (χ3n) is 4.75. The largest absolute Gasteiger partial charge is 0.481 e. The van der Waals surface area contributed by atoms with Gasteiger partial charge in [0.1, 0.15) is 5.69 Å². The molecule has 0 fully saturated rings. The van der Waals surface area contributed by atoms with E-state index in [0.717, 1.165) is 33.5 Å². The average Bonchev–Trinajstić information content (AvgIpc) is 2.77. The van der Waals surface area contributed by atoms with Crippen molar-refractivity contribution in [2.24, 2.45) is 0 Å². The Hall–Kier alpha value is -3.21. The van der Waals surface area contributed by atoms with Crippen LogP contribution in [0.25, 0.3) is 22.3 Å². The molecule has 1 aromatic carbocycles. The molecular weight excluding hydrogens is 326 g/mol. The molecule has 0 saturated heterocycles. The number of carbonyl (C=O) groups is 1. The van der Waals surface area contributed by atoms with Crippen LogP contribution in [-0.4, -0.2) is 34.9 Å². The zero-order valence-electron chi connectivity index (χ0n) is 15.0. The number of carbonyl (C=O) groups excluding carboxylic acids is 1. The van der Waals surface area contributed by atoms with E-state index < -0.39 is 0 Å². The van der Waals surface area contributed by atoms with E-state index in [0.29, 0.717) is 18.1 Å². The molecule has 0 unspecified atom stereocenters. The van der Waals surface area contributed by atoms with Gasteiger partial charge in [-0.15, -0.1) is 0 Å². The van der Waals surface area contributed by atoms with Crippen molar-refractivity contribution in [3.05, 3.63) is 65.6 Å². The SMILES string of the molecule is COc1ccc2c(n1)C(=O)N(C)Cc1ccc(-c3cccnc3C)cc1-2. The van der Waals surface area contributed by atoms with Gasteiger partial charge < -0.3 is 9.64 Å². The van der Waals surface area contributed by atoms with Gasteiger partial charge in [0, 0.05) is 42.7 Å². The molecule has 1 amide bonds. The summed E-state index contributed by atoms with van der Waals surface area (Å²) < 4.78 is 5.21. The number of fused-ring (bicyclic) bond motifs is 3. The number of nitrogens with zero attached hydrogens (tertiary/aromatic N) is 3. The van der Waals surface area contributed by atoms with Crippen molar-refractivity contribution in [1.82, 2.24) is 14.9 Å². The highest BCUT2D eigenvalue weighted by molar-refractivity contribution is 6.01. The number of pyridine rings is 2. The Kier molecular flexibility index (Phi) is 3.92. The highest BCUT2D eigenvalue weighted by Crippen LogP contribution is 2.36. The highest BCUT2D eigenvalue weighted by Gasteiger charge is 2.26. The van der Waals surface area contributed by atoms with Gasteiger partial charge in [-0.2, -0.15) is 0 Å². The van der Waals surface area contributed by atoms with Crippen molar-refractivity contribution in [3.8, 4) is 28.1 Å². The molecule has 3 aromatic rings. The number of aromatic nitrogens is 2. The summed E-state index contributed by atoms with van der Waals surface area (Å²) in [5.74, 6) is 0.336. The second kappa shape index (κ2) is 6.26. The molecule has 4 rings (SSSR count). The number of ether oxygens (including phenoxy) is 1. The number of aryl methyl sites for hydroxylation is 1. The lowest BCUT2D eigenvalue weighted by Gasteiger charge is -2.15. The molecule has 1 aliphatic rings. The van der Waals surface area contributed by atoms with Gasteiger partial charge in [-0.1, -0.05) is 18.2 Å². The fraction of sp³-hybridized carbons (Fsp3) is 0.190. The van der Waals surface area contributed by atoms with E-state index in [1.807, 2.05) is 19.1 Å². The third-order valence-corrected chi connectivity index (χ3v) is 4.75. The van der Waals surface area contributed by atoms with Crippen LogP contribution in [0.2, 0.25) is 0 Å². The molecule has 3 heterocycles. The second-order valence-corrected chi connectivity index (χ2v) is 6.42. The van der Waals surface area contributed by atoms with Crippen molar-refractivity contribution in [2.45, 2.75) is 13.5 Å². The number of rotatable bonds is 2. The van der Waals surface area contributed by atoms with E-state index in [1.54, 1.807) is 31.3 Å². The number of hydrogen-bond donors (Lipinski definition) is 0. The summed E-state index contributed by atoms with van der Waals surface area (Å²) in [5, 5.41) is 0. The fourth-order valence-corrected chi connectivity index (χ4v) is 3.37. The summed E-state index contributed by atoms with van der Waals surface area (Å²) in [7, 11) is 3.35. The number of hydrogen-bond acceptors (Lipinski definition) is 4. The first kappa shape index (κ1) is 16.3. The summed E-state index contributed by atoms with van der Waals surface area (Å²) in [6, 6.07) is 14.0. The van der Waals surface area contributed by atoms with Crippen LogP contribution in [0.1, 0.15) is 21.7 Å². The molecule has 0 radical (unpaired) electrons. The van der Waals surface area contributed by atoms with Crippen LogP contribution in [0.3, 0.4) is 0 Å². The summed E-state index contributed by atoms with van der Waals surface area (Å²) in [4.78, 5) is 23.3. The van der Waals surface area contributed by atoms with Crippen LogP contribution in [-0.2, 0) is 6.54 Å². The van der Waals surface area contributed by atoms with Crippen LogP contribution >= 0.6 is 0 Å². The summed E-state index contributed by atoms with van der Waals surface area (Å²) in [5.41, 5.74) is 6.51. The zero-order chi connectivity index (χ0) is 18.3. The van der Waals surface area contributed by atoms with Gasteiger partial charge in [0.2, 0.25) is 5.88 Å². The quantitative estimate of drug-likeness (QED) is 0.710. The molecule has 0 aliphatic carbocycles. The van der Waals surface area contributed by atoms with E-state index in [2.05, 4.69) is 34.2 Å². The number of methoxy groups -OCH3 is 1. The minimum absolute atomic E-state index is 0.103. The summed E-state index contributed by atoms with van der Waals surface area (Å²) >= 11 is 0. The van der Waals surface area contributed by atoms with Crippen molar-refractivity contribution >= 4 is 5.91 Å². The molecule has 1 aliphatic heterocycles. The van der Waals surface area contributed by atoms with Crippen molar-refractivity contribution < 1.29 is 9.53 Å². The number of benzene rings is 1. The molecule has 0 atom stereocenters. The van der Waals surface area contributed by atoms with Crippen LogP contribution < -0.4 is 4.74 Å². The van der Waals surface area contributed by atoms with Gasteiger partial charge >= 0.3 is 0 Å². The molecule has 5 nitrogen and oxygen atoms in total. The number of amides is 1. The Morgan fingerprint density at radius 3 is 2.69 bits per heavy atom. The van der Waals surface area contributed by atoms with Crippen LogP contribution in [0.4, 0.5) is 0 Å². The first-order valence-corrected chi connectivity index (χ1v) is 8.44. The summed E-state index contributed by atoms with van der Waals surface area (Å²) in [6.45, 7) is 2.54. The van der Waals surface area contributed by atoms with E-state index in [4.69, 9.17) is 4.74 Å². The van der Waals surface area contributed by atoms with Crippen molar-refractivity contribution in [2.75, 3.05) is 14.2 Å². The smallest absolute Gasteiger partial charge is 0.273 e. The maximum absolute atomic E-state index is 12.8. The van der Waals surface area contributed by atoms with Gasteiger partial charge in [0.25, 0.3) is 5.91 Å². The molecular formula is C21H19N3O2. The first-order valence-electron chi connectivity index (χ1n) is 8.44. The lowest BCUT2D eigenvalue weighted by molar-refractivity contribution is 0.0782. The van der Waals surface area contributed by atoms with Crippen LogP contribution in [0.5, 0.6) is 5.88 Å². The van der Waals surface area contributed by atoms with E-state index in [9.17, 15) is 4.79 Å². The maximum atomic E-state index is 12.8. The van der Waals surface area contributed by atoms with Crippen molar-refractivity contribution in [1.29, 1.82) is 0 Å². The molecule has 26 heavy (non-hydrogen) atoms. The molecule has 0 spiro atoms. The predicted octanol–water partition coefficient (Wildman–Crippen LogP) is 3.71. The molecule has 5 heteroatoms. The summed E-state index contributed by atoms with van der Waals surface area (Å²) in [6.07, 6.45) is 1.79. The van der Waals surface area contributed by atoms with Gasteiger partial charge in [0.15, 0.2) is 0 Å². The lowest BCUT2D eigenvalue weighted by atomic mass is 9.94. The molecule has 0 saturated carbocycles. The third kappa shape index (κ3) is 2.62. The van der Waals surface area contributed by atoms with Gasteiger partial charge in [-0.05, 0) is 41.8 Å². The van der Waals surface area contributed by atoms with Gasteiger partial charge in [-0.3, -0.25) is 9.78 Å². The van der Waals surface area contributed by atoms with Gasteiger partial charge in [-0.25, -0.2) is 4.98 Å². The standard InChI is InChI=1S/C21H19N3O2/c1-13-16(5-4-10-22-13)14-6-7-15-12-24(2)21(25)20-17(18(15)11-14)8-9-19(23-20)26-3/h4-11H,12H2,1-3H3. The van der Waals surface area contributed by atoms with E-state index in [1.165, 1.54) is 0 Å². The lowest BCUT2D eigenvalue weighted by Crippen LogP contribution is -2.25. The molecule has 0 bridgehead atoms. The molecule has 0 N–H and O–H groups in total. The maximum Gasteiger partial charge on any atom is 0.273 e. The average molecular weight is 345 g/mol. The Morgan fingerprint density at radius 1 is 1.08 bits per heavy atom. The Balaban J connectivity index is 1.95. The zero-order valence-corrected chi connectivity index (χ0v) is 15.0. The predicted molar refractivity (Wildman–Crippen MR) is 100.0 cm³/mol. The Morgan fingerprint density at radius 2 is 1.92 bits per heavy atom. The van der Waals surface area contributed by atoms with Crippen molar-refractivity contribution in [3.63, 3.8) is 0 Å². The molecule has 2 aromatic heterocycles. The first-order chi connectivity index (χ1) is 12.6. The monoisotopic (exact) mass is 345 g/mol. The highest BCUT2D eigenvalue weighted by atomic mass is 16.5. The van der Waals surface area contributed by atoms with Crippen LogP contribution in [0.15, 0.2) is 48.7 Å². The second-order valence-electron chi connectivity index (χ2n) is 6.42. The molecule has 130 valence electrons. The topological polar surface area (TPSA) is 55.3 Å². The minimum Gasteiger partial charge on any atom is -0.481 e. The fourth-order valence-electron chi connectivity index (χ4n) is 3.37. The minimum atomic E-state index is -0.103. The van der Waals surface area contributed by atoms with E-state index in [-0.39, 0.29) is 5.91 Å². The van der Waals surface area contributed by atoms with E-state index >= 15 is 0 Å².